The first-order valence-corrected chi connectivity index (χ1v) is 9.35. The number of hydrogen-bond donors (Lipinski definition) is 2. The van der Waals surface area contributed by atoms with E-state index in [1.165, 1.54) is 49.6 Å². The third kappa shape index (κ3) is 5.28. The molecular weight excluding hydrogens is 410 g/mol. The second-order valence-electron chi connectivity index (χ2n) is 6.78. The number of nitrogens with one attached hydrogen (secondary N) is 1. The SMILES string of the molecule is C[C@H](O)[C@H](C)NC(=O)c1cc(-c2ccc(OC(F)F)cc2)nn(-c2cccnc2)c1=O. The highest BCUT2D eigenvalue weighted by atomic mass is 19.3. The molecule has 3 rings (SSSR count). The van der Waals surface area contributed by atoms with E-state index in [4.69, 9.17) is 0 Å². The Hall–Kier alpha value is -3.66. The standard InChI is InChI=1S/C21H20F2N4O4/c1-12(13(2)28)25-19(29)17-10-18(14-5-7-16(8-6-14)31-21(22)23)26-27(20(17)30)15-4-3-9-24-11-15/h3-13,21,28H,1-2H3,(H,25,29)/t12-,13-/m0/s1. The average Bonchev–Trinajstić information content (AvgIpc) is 2.74. The van der Waals surface area contributed by atoms with Crippen molar-refractivity contribution in [3.63, 3.8) is 0 Å². The number of aliphatic hydroxyl groups is 1. The molecule has 1 aromatic carbocycles. The third-order valence-corrected chi connectivity index (χ3v) is 4.50. The Morgan fingerprint density at radius 3 is 2.48 bits per heavy atom. The lowest BCUT2D eigenvalue weighted by Crippen LogP contribution is -2.42. The second kappa shape index (κ2) is 9.43. The van der Waals surface area contributed by atoms with Crippen LogP contribution in [0.1, 0.15) is 24.2 Å². The van der Waals surface area contributed by atoms with Crippen LogP contribution < -0.4 is 15.6 Å². The number of nitrogens with zero attached hydrogens (tertiary/aromatic N) is 3. The first-order valence-electron chi connectivity index (χ1n) is 9.35. The smallest absolute Gasteiger partial charge is 0.387 e. The van der Waals surface area contributed by atoms with Crippen LogP contribution in [-0.4, -0.2) is 44.5 Å². The van der Waals surface area contributed by atoms with E-state index in [9.17, 15) is 23.5 Å². The van der Waals surface area contributed by atoms with Gasteiger partial charge in [-0.05, 0) is 56.3 Å². The van der Waals surface area contributed by atoms with Crippen LogP contribution in [0.5, 0.6) is 5.75 Å². The summed E-state index contributed by atoms with van der Waals surface area (Å²) in [5.74, 6) is -0.722. The van der Waals surface area contributed by atoms with E-state index in [0.29, 0.717) is 11.3 Å². The van der Waals surface area contributed by atoms with Crippen LogP contribution in [0.15, 0.2) is 59.7 Å². The highest BCUT2D eigenvalue weighted by Gasteiger charge is 2.20. The van der Waals surface area contributed by atoms with E-state index < -0.39 is 30.2 Å². The van der Waals surface area contributed by atoms with E-state index in [1.807, 2.05) is 0 Å². The molecule has 0 aliphatic heterocycles. The number of hydrogen-bond acceptors (Lipinski definition) is 6. The Kier molecular flexibility index (Phi) is 6.71. The van der Waals surface area contributed by atoms with Crippen LogP contribution in [-0.2, 0) is 0 Å². The number of halogens is 2. The Morgan fingerprint density at radius 2 is 1.90 bits per heavy atom. The summed E-state index contributed by atoms with van der Waals surface area (Å²) in [7, 11) is 0. The Bertz CT molecular complexity index is 1100. The zero-order valence-corrected chi connectivity index (χ0v) is 16.7. The molecule has 2 heterocycles. The van der Waals surface area contributed by atoms with Crippen molar-refractivity contribution in [1.82, 2.24) is 20.1 Å². The third-order valence-electron chi connectivity index (χ3n) is 4.50. The van der Waals surface area contributed by atoms with E-state index in [1.54, 1.807) is 19.1 Å². The van der Waals surface area contributed by atoms with Gasteiger partial charge in [-0.25, -0.2) is 0 Å². The number of amides is 1. The van der Waals surface area contributed by atoms with Gasteiger partial charge in [0.05, 0.1) is 29.7 Å². The van der Waals surface area contributed by atoms with Gasteiger partial charge in [-0.2, -0.15) is 18.6 Å². The zero-order chi connectivity index (χ0) is 22.5. The fraction of sp³-hybridized carbons (Fsp3) is 0.238. The summed E-state index contributed by atoms with van der Waals surface area (Å²) in [6.07, 6.45) is 2.11. The normalized spacial score (nSPS) is 13.0. The summed E-state index contributed by atoms with van der Waals surface area (Å²) >= 11 is 0. The highest BCUT2D eigenvalue weighted by Crippen LogP contribution is 2.22. The largest absolute Gasteiger partial charge is 0.435 e. The van der Waals surface area contributed by atoms with Crippen LogP contribution in [0, 0.1) is 0 Å². The molecule has 2 N–H and O–H groups in total. The fourth-order valence-corrected chi connectivity index (χ4v) is 2.66. The molecule has 2 atom stereocenters. The van der Waals surface area contributed by atoms with Gasteiger partial charge in [0.25, 0.3) is 11.5 Å². The average molecular weight is 430 g/mol. The molecule has 162 valence electrons. The molecule has 3 aromatic rings. The maximum atomic E-state index is 13.0. The first kappa shape index (κ1) is 22.0. The van der Waals surface area contributed by atoms with E-state index in [0.717, 1.165) is 4.68 Å². The molecule has 10 heteroatoms. The maximum Gasteiger partial charge on any atom is 0.387 e. The quantitative estimate of drug-likeness (QED) is 0.596. The predicted octanol–water partition coefficient (Wildman–Crippen LogP) is 2.40. The molecule has 0 aliphatic carbocycles. The van der Waals surface area contributed by atoms with E-state index in [2.05, 4.69) is 20.1 Å². The Labute approximate surface area is 176 Å². The van der Waals surface area contributed by atoms with E-state index in [-0.39, 0.29) is 17.0 Å². The molecule has 8 nitrogen and oxygen atoms in total. The fourth-order valence-electron chi connectivity index (χ4n) is 2.66. The molecule has 1 amide bonds. The van der Waals surface area contributed by atoms with Gasteiger partial charge in [0.15, 0.2) is 0 Å². The van der Waals surface area contributed by atoms with Crippen molar-refractivity contribution in [1.29, 1.82) is 0 Å². The number of carbonyl (C=O) groups is 1. The number of rotatable bonds is 7. The van der Waals surface area contributed by atoms with E-state index >= 15 is 0 Å². The molecule has 0 bridgehead atoms. The van der Waals surface area contributed by atoms with Crippen LogP contribution in [0.2, 0.25) is 0 Å². The number of carbonyl (C=O) groups excluding carboxylic acids is 1. The van der Waals surface area contributed by atoms with Crippen LogP contribution in [0.3, 0.4) is 0 Å². The number of pyridine rings is 1. The van der Waals surface area contributed by atoms with Gasteiger partial charge in [-0.1, -0.05) is 0 Å². The van der Waals surface area contributed by atoms with Crippen molar-refractivity contribution in [2.24, 2.45) is 0 Å². The monoisotopic (exact) mass is 430 g/mol. The number of benzene rings is 1. The van der Waals surface area contributed by atoms with Gasteiger partial charge in [0.2, 0.25) is 0 Å². The van der Waals surface area contributed by atoms with Gasteiger partial charge in [0, 0.05) is 11.8 Å². The minimum atomic E-state index is -2.96. The van der Waals surface area contributed by atoms with Crippen LogP contribution >= 0.6 is 0 Å². The number of alkyl halides is 2. The maximum absolute atomic E-state index is 13.0. The van der Waals surface area contributed by atoms with Crippen molar-refractivity contribution in [3.05, 3.63) is 70.8 Å². The molecule has 2 aromatic heterocycles. The van der Waals surface area contributed by atoms with Gasteiger partial charge >= 0.3 is 6.61 Å². The van der Waals surface area contributed by atoms with Crippen molar-refractivity contribution in [2.75, 3.05) is 0 Å². The zero-order valence-electron chi connectivity index (χ0n) is 16.7. The summed E-state index contributed by atoms with van der Waals surface area (Å²) < 4.78 is 30.2. The highest BCUT2D eigenvalue weighted by molar-refractivity contribution is 5.95. The minimum absolute atomic E-state index is 0.0388. The van der Waals surface area contributed by atoms with Gasteiger partial charge in [-0.15, -0.1) is 0 Å². The minimum Gasteiger partial charge on any atom is -0.435 e. The first-order chi connectivity index (χ1) is 14.8. The molecular formula is C21H20F2N4O4. The molecule has 0 spiro atoms. The number of ether oxygens (including phenoxy) is 1. The summed E-state index contributed by atoms with van der Waals surface area (Å²) in [5.41, 5.74) is 0.183. The van der Waals surface area contributed by atoms with Crippen LogP contribution in [0.25, 0.3) is 16.9 Å². The predicted molar refractivity (Wildman–Crippen MR) is 108 cm³/mol. The summed E-state index contributed by atoms with van der Waals surface area (Å²) in [6, 6.07) is 9.56. The number of aliphatic hydroxyl groups excluding tert-OH is 1. The van der Waals surface area contributed by atoms with Crippen molar-refractivity contribution >= 4 is 5.91 Å². The number of aromatic nitrogens is 3. The summed E-state index contributed by atoms with van der Waals surface area (Å²) in [5, 5.41) is 16.5. The molecule has 0 saturated heterocycles. The molecule has 0 unspecified atom stereocenters. The topological polar surface area (TPSA) is 106 Å². The molecule has 31 heavy (non-hydrogen) atoms. The summed E-state index contributed by atoms with van der Waals surface area (Å²) in [4.78, 5) is 29.7. The van der Waals surface area contributed by atoms with Crippen molar-refractivity contribution < 1.29 is 23.4 Å². The summed E-state index contributed by atoms with van der Waals surface area (Å²) in [6.45, 7) is 0.161. The molecule has 0 aliphatic rings. The Morgan fingerprint density at radius 1 is 1.19 bits per heavy atom. The molecule has 0 saturated carbocycles. The second-order valence-corrected chi connectivity index (χ2v) is 6.78. The molecule has 0 fully saturated rings. The lowest BCUT2D eigenvalue weighted by atomic mass is 10.1. The van der Waals surface area contributed by atoms with Crippen molar-refractivity contribution in [2.45, 2.75) is 32.6 Å². The Balaban J connectivity index is 2.09. The van der Waals surface area contributed by atoms with Gasteiger partial charge in [0.1, 0.15) is 11.3 Å². The van der Waals surface area contributed by atoms with Gasteiger partial charge in [-0.3, -0.25) is 14.6 Å². The van der Waals surface area contributed by atoms with Crippen molar-refractivity contribution in [3.8, 4) is 22.7 Å². The lowest BCUT2D eigenvalue weighted by Gasteiger charge is -2.17. The van der Waals surface area contributed by atoms with Gasteiger partial charge < -0.3 is 15.2 Å². The molecule has 0 radical (unpaired) electrons. The lowest BCUT2D eigenvalue weighted by molar-refractivity contribution is -0.0498. The van der Waals surface area contributed by atoms with Crippen LogP contribution in [0.4, 0.5) is 8.78 Å².